The van der Waals surface area contributed by atoms with Gasteiger partial charge in [-0.3, -0.25) is 0 Å². The molecule has 3 aromatic rings. The van der Waals surface area contributed by atoms with Crippen molar-refractivity contribution >= 4 is 26.7 Å². The van der Waals surface area contributed by atoms with Crippen LogP contribution in [0.1, 0.15) is 17.2 Å². The minimum atomic E-state index is -0.511. The Hall–Kier alpha value is -1.64. The summed E-state index contributed by atoms with van der Waals surface area (Å²) in [6.07, 6.45) is -0.511. The monoisotopic (exact) mass is 310 g/mol. The van der Waals surface area contributed by atoms with E-state index in [2.05, 4.69) is 46.3 Å². The standard InChI is InChI=1S/C17H11BrO/c18-12-5-6-13-15(9-12)14-7-10-3-1-2-4-11(10)8-16(14)17(13)19/h1-9,17,19H. The van der Waals surface area contributed by atoms with Crippen molar-refractivity contribution in [1.82, 2.24) is 0 Å². The molecule has 19 heavy (non-hydrogen) atoms. The van der Waals surface area contributed by atoms with Crippen molar-refractivity contribution < 1.29 is 5.11 Å². The van der Waals surface area contributed by atoms with Crippen LogP contribution in [-0.4, -0.2) is 5.11 Å². The van der Waals surface area contributed by atoms with Gasteiger partial charge in [-0.1, -0.05) is 46.3 Å². The molecule has 0 heterocycles. The van der Waals surface area contributed by atoms with Gasteiger partial charge in [0.1, 0.15) is 6.10 Å². The minimum absolute atomic E-state index is 0.511. The van der Waals surface area contributed by atoms with E-state index in [1.807, 2.05) is 24.3 Å². The van der Waals surface area contributed by atoms with Gasteiger partial charge in [-0.15, -0.1) is 0 Å². The van der Waals surface area contributed by atoms with Crippen molar-refractivity contribution in [3.8, 4) is 11.1 Å². The van der Waals surface area contributed by atoms with Gasteiger partial charge in [0.2, 0.25) is 0 Å². The van der Waals surface area contributed by atoms with Crippen molar-refractivity contribution in [3.05, 3.63) is 70.2 Å². The second-order valence-corrected chi connectivity index (χ2v) is 5.84. The third-order valence-corrected chi connectivity index (χ3v) is 4.31. The number of benzene rings is 3. The first-order valence-corrected chi connectivity index (χ1v) is 7.04. The highest BCUT2D eigenvalue weighted by Gasteiger charge is 2.27. The molecular formula is C17H11BrO. The fourth-order valence-electron chi connectivity index (χ4n) is 2.89. The zero-order valence-corrected chi connectivity index (χ0v) is 11.7. The lowest BCUT2D eigenvalue weighted by molar-refractivity contribution is 0.225. The molecular weight excluding hydrogens is 300 g/mol. The molecule has 3 aromatic carbocycles. The van der Waals surface area contributed by atoms with Crippen molar-refractivity contribution in [2.45, 2.75) is 6.10 Å². The summed E-state index contributed by atoms with van der Waals surface area (Å²) in [5.74, 6) is 0. The Morgan fingerprint density at radius 1 is 0.789 bits per heavy atom. The molecule has 0 radical (unpaired) electrons. The van der Waals surface area contributed by atoms with Crippen LogP contribution in [0, 0.1) is 0 Å². The normalized spacial score (nSPS) is 16.4. The summed E-state index contributed by atoms with van der Waals surface area (Å²) in [6.45, 7) is 0. The van der Waals surface area contributed by atoms with E-state index in [0.29, 0.717) is 0 Å². The van der Waals surface area contributed by atoms with Crippen LogP contribution in [0.3, 0.4) is 0 Å². The summed E-state index contributed by atoms with van der Waals surface area (Å²) in [6, 6.07) is 18.6. The maximum atomic E-state index is 10.5. The average Bonchev–Trinajstić information content (AvgIpc) is 2.69. The van der Waals surface area contributed by atoms with Gasteiger partial charge >= 0.3 is 0 Å². The van der Waals surface area contributed by atoms with Crippen molar-refractivity contribution in [2.24, 2.45) is 0 Å². The molecule has 0 saturated carbocycles. The van der Waals surface area contributed by atoms with Gasteiger partial charge in [0, 0.05) is 4.47 Å². The molecule has 0 saturated heterocycles. The van der Waals surface area contributed by atoms with Crippen LogP contribution in [0.15, 0.2) is 59.1 Å². The molecule has 0 bridgehead atoms. The maximum Gasteiger partial charge on any atom is 0.105 e. The third kappa shape index (κ3) is 1.57. The highest BCUT2D eigenvalue weighted by molar-refractivity contribution is 9.10. The molecule has 4 rings (SSSR count). The number of fused-ring (bicyclic) bond motifs is 4. The van der Waals surface area contributed by atoms with E-state index in [-0.39, 0.29) is 0 Å². The number of hydrogen-bond donors (Lipinski definition) is 1. The van der Waals surface area contributed by atoms with Crippen LogP contribution in [0.4, 0.5) is 0 Å². The van der Waals surface area contributed by atoms with Crippen molar-refractivity contribution in [3.63, 3.8) is 0 Å². The summed E-state index contributed by atoms with van der Waals surface area (Å²) >= 11 is 3.50. The maximum absolute atomic E-state index is 10.5. The van der Waals surface area contributed by atoms with E-state index in [9.17, 15) is 5.11 Å². The van der Waals surface area contributed by atoms with Crippen LogP contribution < -0.4 is 0 Å². The van der Waals surface area contributed by atoms with Crippen molar-refractivity contribution in [1.29, 1.82) is 0 Å². The van der Waals surface area contributed by atoms with E-state index in [4.69, 9.17) is 0 Å². The SMILES string of the molecule is OC1c2ccc(Br)cc2-c2cc3ccccc3cc21. The quantitative estimate of drug-likeness (QED) is 0.640. The average molecular weight is 311 g/mol. The highest BCUT2D eigenvalue weighted by atomic mass is 79.9. The zero-order valence-electron chi connectivity index (χ0n) is 10.1. The Morgan fingerprint density at radius 2 is 1.47 bits per heavy atom. The number of aliphatic hydroxyl groups excluding tert-OH is 1. The Labute approximate surface area is 119 Å². The molecule has 0 amide bonds. The van der Waals surface area contributed by atoms with Gasteiger partial charge in [0.25, 0.3) is 0 Å². The van der Waals surface area contributed by atoms with E-state index in [1.165, 1.54) is 10.8 Å². The first kappa shape index (κ1) is 11.2. The van der Waals surface area contributed by atoms with Crippen LogP contribution in [0.5, 0.6) is 0 Å². The first-order chi connectivity index (χ1) is 9.24. The van der Waals surface area contributed by atoms with Gasteiger partial charge in [-0.25, -0.2) is 0 Å². The smallest absolute Gasteiger partial charge is 0.105 e. The van der Waals surface area contributed by atoms with Gasteiger partial charge < -0.3 is 5.11 Å². The molecule has 1 N–H and O–H groups in total. The lowest BCUT2D eigenvalue weighted by Gasteiger charge is -2.06. The first-order valence-electron chi connectivity index (χ1n) is 6.24. The number of halogens is 1. The predicted molar refractivity (Wildman–Crippen MR) is 81.1 cm³/mol. The van der Waals surface area contributed by atoms with E-state index < -0.39 is 6.10 Å². The largest absolute Gasteiger partial charge is 0.384 e. The molecule has 1 nitrogen and oxygen atoms in total. The second-order valence-electron chi connectivity index (χ2n) is 4.92. The molecule has 1 atom stereocenters. The third-order valence-electron chi connectivity index (χ3n) is 3.81. The van der Waals surface area contributed by atoms with Gasteiger partial charge in [0.15, 0.2) is 0 Å². The summed E-state index contributed by atoms with van der Waals surface area (Å²) < 4.78 is 1.04. The van der Waals surface area contributed by atoms with E-state index >= 15 is 0 Å². The number of aliphatic hydroxyl groups is 1. The Balaban J connectivity index is 2.09. The fourth-order valence-corrected chi connectivity index (χ4v) is 3.25. The summed E-state index contributed by atoms with van der Waals surface area (Å²) in [4.78, 5) is 0. The molecule has 92 valence electrons. The number of rotatable bonds is 0. The summed E-state index contributed by atoms with van der Waals surface area (Å²) in [5.41, 5.74) is 4.27. The summed E-state index contributed by atoms with van der Waals surface area (Å²) in [5, 5.41) is 12.9. The second kappa shape index (κ2) is 3.92. The molecule has 0 fully saturated rings. The molecule has 1 unspecified atom stereocenters. The fraction of sp³-hybridized carbons (Fsp3) is 0.0588. The Kier molecular flexibility index (Phi) is 2.32. The predicted octanol–water partition coefficient (Wildman–Crippen LogP) is 4.66. The van der Waals surface area contributed by atoms with Crippen LogP contribution in [0.2, 0.25) is 0 Å². The van der Waals surface area contributed by atoms with E-state index in [1.54, 1.807) is 0 Å². The van der Waals surface area contributed by atoms with Crippen LogP contribution in [0.25, 0.3) is 21.9 Å². The molecule has 0 spiro atoms. The van der Waals surface area contributed by atoms with Gasteiger partial charge in [0.05, 0.1) is 0 Å². The molecule has 1 aliphatic carbocycles. The Bertz CT molecular complexity index is 807. The molecule has 0 aliphatic heterocycles. The number of hydrogen-bond acceptors (Lipinski definition) is 1. The molecule has 2 heteroatoms. The molecule has 0 aromatic heterocycles. The molecule has 1 aliphatic rings. The van der Waals surface area contributed by atoms with Gasteiger partial charge in [-0.2, -0.15) is 0 Å². The topological polar surface area (TPSA) is 20.2 Å². The van der Waals surface area contributed by atoms with Gasteiger partial charge in [-0.05, 0) is 57.3 Å². The zero-order chi connectivity index (χ0) is 13.0. The van der Waals surface area contributed by atoms with E-state index in [0.717, 1.165) is 26.7 Å². The van der Waals surface area contributed by atoms with Crippen LogP contribution in [-0.2, 0) is 0 Å². The van der Waals surface area contributed by atoms with Crippen LogP contribution >= 0.6 is 15.9 Å². The lowest BCUT2D eigenvalue weighted by atomic mass is 10.0. The summed E-state index contributed by atoms with van der Waals surface area (Å²) in [7, 11) is 0. The van der Waals surface area contributed by atoms with Crippen molar-refractivity contribution in [2.75, 3.05) is 0 Å². The lowest BCUT2D eigenvalue weighted by Crippen LogP contribution is -1.93. The minimum Gasteiger partial charge on any atom is -0.384 e. The Morgan fingerprint density at radius 3 is 2.26 bits per heavy atom. The highest BCUT2D eigenvalue weighted by Crippen LogP contribution is 2.45.